The number of nitrogens with one attached hydrogen (secondary N) is 1. The van der Waals surface area contributed by atoms with Gasteiger partial charge in [0.25, 0.3) is 0 Å². The van der Waals surface area contributed by atoms with Gasteiger partial charge in [-0.25, -0.2) is 0 Å². The topological polar surface area (TPSA) is 65.4 Å². The number of nitriles is 1. The minimum absolute atomic E-state index is 0.169. The predicted octanol–water partition coefficient (Wildman–Crippen LogP) is 3.74. The number of ether oxygens (including phenoxy) is 1. The summed E-state index contributed by atoms with van der Waals surface area (Å²) in [5.41, 5.74) is 1.38. The Morgan fingerprint density at radius 2 is 2.25 bits per heavy atom. The average molecular weight is 364 g/mol. The third-order valence-corrected chi connectivity index (χ3v) is 4.79. The molecule has 1 amide bonds. The number of rotatable bonds is 6. The van der Waals surface area contributed by atoms with Gasteiger partial charge in [0, 0.05) is 17.1 Å². The molecule has 2 aromatic rings. The van der Waals surface area contributed by atoms with Crippen molar-refractivity contribution in [2.45, 2.75) is 19.5 Å². The number of thiophene rings is 1. The SMILES string of the molecule is COc1ccc(Cl)cc1CN(C)[C@@H](C)C(=O)Nc1sccc1C#N. The Balaban J connectivity index is 2.06. The minimum atomic E-state index is -0.387. The number of amides is 1. The Hall–Kier alpha value is -2.07. The molecular formula is C17H18ClN3O2S. The number of halogens is 1. The van der Waals surface area contributed by atoms with Crippen LogP contribution in [-0.2, 0) is 11.3 Å². The Morgan fingerprint density at radius 1 is 1.50 bits per heavy atom. The van der Waals surface area contributed by atoms with Crippen molar-refractivity contribution in [2.24, 2.45) is 0 Å². The molecular weight excluding hydrogens is 346 g/mol. The maximum Gasteiger partial charge on any atom is 0.242 e. The van der Waals surface area contributed by atoms with Gasteiger partial charge in [0.2, 0.25) is 5.91 Å². The normalized spacial score (nSPS) is 11.8. The van der Waals surface area contributed by atoms with E-state index in [9.17, 15) is 4.79 Å². The van der Waals surface area contributed by atoms with Crippen LogP contribution < -0.4 is 10.1 Å². The summed E-state index contributed by atoms with van der Waals surface area (Å²) in [7, 11) is 3.45. The van der Waals surface area contributed by atoms with E-state index in [1.54, 1.807) is 30.7 Å². The zero-order valence-corrected chi connectivity index (χ0v) is 15.2. The van der Waals surface area contributed by atoms with Crippen molar-refractivity contribution in [1.29, 1.82) is 5.26 Å². The highest BCUT2D eigenvalue weighted by Crippen LogP contribution is 2.25. The van der Waals surface area contributed by atoms with Crippen molar-refractivity contribution in [2.75, 3.05) is 19.5 Å². The third kappa shape index (κ3) is 4.26. The smallest absolute Gasteiger partial charge is 0.242 e. The number of hydrogen-bond donors (Lipinski definition) is 1. The van der Waals surface area contributed by atoms with Crippen LogP contribution in [0.2, 0.25) is 5.02 Å². The summed E-state index contributed by atoms with van der Waals surface area (Å²) < 4.78 is 5.34. The number of nitrogens with zero attached hydrogens (tertiary/aromatic N) is 2. The lowest BCUT2D eigenvalue weighted by molar-refractivity contribution is -0.120. The van der Waals surface area contributed by atoms with Gasteiger partial charge in [-0.05, 0) is 43.6 Å². The first kappa shape index (κ1) is 18.3. The van der Waals surface area contributed by atoms with E-state index in [1.165, 1.54) is 11.3 Å². The van der Waals surface area contributed by atoms with Gasteiger partial charge in [-0.3, -0.25) is 9.69 Å². The second-order valence-corrected chi connectivity index (χ2v) is 6.66. The van der Waals surface area contributed by atoms with Crippen molar-refractivity contribution in [3.63, 3.8) is 0 Å². The molecule has 0 saturated heterocycles. The number of carbonyl (C=O) groups is 1. The van der Waals surface area contributed by atoms with Crippen molar-refractivity contribution in [3.8, 4) is 11.8 Å². The monoisotopic (exact) mass is 363 g/mol. The van der Waals surface area contributed by atoms with E-state index < -0.39 is 0 Å². The molecule has 0 aliphatic carbocycles. The summed E-state index contributed by atoms with van der Waals surface area (Å²) in [4.78, 5) is 14.3. The molecule has 5 nitrogen and oxygen atoms in total. The Kier molecular flexibility index (Phi) is 6.21. The number of likely N-dealkylation sites (N-methyl/N-ethyl adjacent to an activating group) is 1. The molecule has 0 unspecified atom stereocenters. The maximum absolute atomic E-state index is 12.4. The predicted molar refractivity (Wildman–Crippen MR) is 96.6 cm³/mol. The van der Waals surface area contributed by atoms with Crippen LogP contribution in [0, 0.1) is 11.3 Å². The van der Waals surface area contributed by atoms with Crippen LogP contribution in [0.15, 0.2) is 29.6 Å². The van der Waals surface area contributed by atoms with Crippen molar-refractivity contribution in [1.82, 2.24) is 4.90 Å². The van der Waals surface area contributed by atoms with E-state index in [-0.39, 0.29) is 11.9 Å². The standard InChI is InChI=1S/C17H18ClN3O2S/c1-11(16(22)20-17-12(9-19)6-7-24-17)21(2)10-13-8-14(18)4-5-15(13)23-3/h4-8,11H,10H2,1-3H3,(H,20,22)/t11-/m0/s1. The molecule has 1 aromatic heterocycles. The largest absolute Gasteiger partial charge is 0.496 e. The number of benzene rings is 1. The van der Waals surface area contributed by atoms with Crippen molar-refractivity contribution < 1.29 is 9.53 Å². The zero-order chi connectivity index (χ0) is 17.7. The molecule has 0 aliphatic rings. The van der Waals surface area contributed by atoms with Gasteiger partial charge in [0.05, 0.1) is 18.7 Å². The highest BCUT2D eigenvalue weighted by molar-refractivity contribution is 7.14. The molecule has 0 bridgehead atoms. The first-order valence-electron chi connectivity index (χ1n) is 7.27. The van der Waals surface area contributed by atoms with Gasteiger partial charge in [-0.1, -0.05) is 11.6 Å². The number of carbonyl (C=O) groups excluding carboxylic acids is 1. The quantitative estimate of drug-likeness (QED) is 0.849. The fourth-order valence-corrected chi connectivity index (χ4v) is 3.12. The summed E-state index contributed by atoms with van der Waals surface area (Å²) in [6, 6.07) is 8.76. The minimum Gasteiger partial charge on any atom is -0.496 e. The maximum atomic E-state index is 12.4. The molecule has 1 atom stereocenters. The zero-order valence-electron chi connectivity index (χ0n) is 13.7. The van der Waals surface area contributed by atoms with E-state index in [4.69, 9.17) is 21.6 Å². The van der Waals surface area contributed by atoms with E-state index in [1.807, 2.05) is 24.9 Å². The molecule has 1 aromatic carbocycles. The molecule has 1 heterocycles. The lowest BCUT2D eigenvalue weighted by Crippen LogP contribution is -2.39. The summed E-state index contributed by atoms with van der Waals surface area (Å²) in [5, 5.41) is 14.8. The third-order valence-electron chi connectivity index (χ3n) is 3.73. The highest BCUT2D eigenvalue weighted by atomic mass is 35.5. The number of anilines is 1. The Labute approximate surface area is 150 Å². The number of hydrogen-bond acceptors (Lipinski definition) is 5. The fraction of sp³-hybridized carbons (Fsp3) is 0.294. The van der Waals surface area contributed by atoms with Crippen LogP contribution in [0.4, 0.5) is 5.00 Å². The number of methoxy groups -OCH3 is 1. The van der Waals surface area contributed by atoms with Gasteiger partial charge in [0.15, 0.2) is 0 Å². The molecule has 0 saturated carbocycles. The first-order chi connectivity index (χ1) is 11.5. The molecule has 24 heavy (non-hydrogen) atoms. The molecule has 7 heteroatoms. The van der Waals surface area contributed by atoms with E-state index in [0.29, 0.717) is 22.1 Å². The van der Waals surface area contributed by atoms with Gasteiger partial charge < -0.3 is 10.1 Å². The molecule has 126 valence electrons. The Morgan fingerprint density at radius 3 is 2.92 bits per heavy atom. The summed E-state index contributed by atoms with van der Waals surface area (Å²) in [6.45, 7) is 2.32. The summed E-state index contributed by atoms with van der Waals surface area (Å²) in [5.74, 6) is 0.557. The van der Waals surface area contributed by atoms with E-state index in [0.717, 1.165) is 11.3 Å². The average Bonchev–Trinajstić information content (AvgIpc) is 3.01. The van der Waals surface area contributed by atoms with E-state index in [2.05, 4.69) is 11.4 Å². The second-order valence-electron chi connectivity index (χ2n) is 5.31. The summed E-state index contributed by atoms with van der Waals surface area (Å²) in [6.07, 6.45) is 0. The van der Waals surface area contributed by atoms with Crippen LogP contribution >= 0.6 is 22.9 Å². The van der Waals surface area contributed by atoms with Crippen LogP contribution in [0.3, 0.4) is 0 Å². The molecule has 2 rings (SSSR count). The van der Waals surface area contributed by atoms with Gasteiger partial charge >= 0.3 is 0 Å². The highest BCUT2D eigenvalue weighted by Gasteiger charge is 2.21. The first-order valence-corrected chi connectivity index (χ1v) is 8.53. The molecule has 0 spiro atoms. The second kappa shape index (κ2) is 8.15. The lowest BCUT2D eigenvalue weighted by Gasteiger charge is -2.24. The molecule has 0 fully saturated rings. The molecule has 0 aliphatic heterocycles. The van der Waals surface area contributed by atoms with Gasteiger partial charge in [-0.2, -0.15) is 5.26 Å². The summed E-state index contributed by atoms with van der Waals surface area (Å²) >= 11 is 7.38. The Bertz CT molecular complexity index is 769. The molecule has 1 N–H and O–H groups in total. The van der Waals surface area contributed by atoms with Crippen LogP contribution in [0.5, 0.6) is 5.75 Å². The van der Waals surface area contributed by atoms with Crippen LogP contribution in [0.1, 0.15) is 18.1 Å². The van der Waals surface area contributed by atoms with E-state index >= 15 is 0 Å². The van der Waals surface area contributed by atoms with Gasteiger partial charge in [0.1, 0.15) is 16.8 Å². The van der Waals surface area contributed by atoms with Crippen LogP contribution in [0.25, 0.3) is 0 Å². The van der Waals surface area contributed by atoms with Crippen LogP contribution in [-0.4, -0.2) is 31.0 Å². The van der Waals surface area contributed by atoms with Gasteiger partial charge in [-0.15, -0.1) is 11.3 Å². The molecule has 0 radical (unpaired) electrons. The lowest BCUT2D eigenvalue weighted by atomic mass is 10.1. The fourth-order valence-electron chi connectivity index (χ4n) is 2.19. The van der Waals surface area contributed by atoms with Crippen molar-refractivity contribution >= 4 is 33.8 Å². The van der Waals surface area contributed by atoms with Crippen molar-refractivity contribution in [3.05, 3.63) is 45.8 Å².